The Morgan fingerprint density at radius 2 is 1.62 bits per heavy atom. The van der Waals surface area contributed by atoms with Gasteiger partial charge in [-0.1, -0.05) is 0 Å². The number of ether oxygens (including phenoxy) is 1. The van der Waals surface area contributed by atoms with Crippen LogP contribution < -0.4 is 4.74 Å². The molecule has 158 valence electrons. The molecule has 2 aliphatic rings. The molecule has 1 aromatic carbocycles. The van der Waals surface area contributed by atoms with Crippen LogP contribution in [0.25, 0.3) is 0 Å². The molecule has 29 heavy (non-hydrogen) atoms. The van der Waals surface area contributed by atoms with Crippen LogP contribution in [-0.4, -0.2) is 77.3 Å². The number of nitrogens with zero attached hydrogens (tertiary/aromatic N) is 3. The second-order valence-electron chi connectivity index (χ2n) is 8.65. The molecular weight excluding hydrogens is 370 g/mol. The number of piperazine rings is 1. The highest BCUT2D eigenvalue weighted by molar-refractivity contribution is 5.94. The van der Waals surface area contributed by atoms with Gasteiger partial charge in [-0.05, 0) is 52.0 Å². The number of amides is 3. The predicted molar refractivity (Wildman–Crippen MR) is 110 cm³/mol. The van der Waals surface area contributed by atoms with E-state index in [0.717, 1.165) is 5.75 Å². The second-order valence-corrected chi connectivity index (χ2v) is 8.65. The fourth-order valence-electron chi connectivity index (χ4n) is 3.95. The molecule has 0 saturated carbocycles. The molecular formula is C22H31N3O4. The summed E-state index contributed by atoms with van der Waals surface area (Å²) < 4.78 is 5.41. The maximum absolute atomic E-state index is 12.9. The number of hydrogen-bond acceptors (Lipinski definition) is 4. The van der Waals surface area contributed by atoms with Gasteiger partial charge < -0.3 is 19.4 Å². The zero-order valence-corrected chi connectivity index (χ0v) is 17.8. The number of hydrogen-bond donors (Lipinski definition) is 0. The molecule has 1 unspecified atom stereocenters. The average molecular weight is 402 g/mol. The van der Waals surface area contributed by atoms with E-state index >= 15 is 0 Å². The van der Waals surface area contributed by atoms with Crippen molar-refractivity contribution < 1.29 is 19.1 Å². The molecule has 3 amide bonds. The normalized spacial score (nSPS) is 20.2. The van der Waals surface area contributed by atoms with Crippen molar-refractivity contribution in [1.82, 2.24) is 14.7 Å². The third-order valence-corrected chi connectivity index (χ3v) is 5.57. The van der Waals surface area contributed by atoms with Gasteiger partial charge in [0.05, 0.1) is 12.5 Å². The number of carbonyl (C=O) groups is 3. The Morgan fingerprint density at radius 1 is 1.03 bits per heavy atom. The molecule has 3 rings (SSSR count). The van der Waals surface area contributed by atoms with E-state index in [9.17, 15) is 14.4 Å². The van der Waals surface area contributed by atoms with Crippen LogP contribution in [0.5, 0.6) is 5.75 Å². The van der Waals surface area contributed by atoms with Crippen LogP contribution in [0.3, 0.4) is 0 Å². The van der Waals surface area contributed by atoms with Gasteiger partial charge in [0, 0.05) is 50.2 Å². The maximum atomic E-state index is 12.9. The second kappa shape index (κ2) is 8.43. The lowest BCUT2D eigenvalue weighted by Crippen LogP contribution is -2.52. The van der Waals surface area contributed by atoms with E-state index in [0.29, 0.717) is 44.9 Å². The number of likely N-dealkylation sites (tertiary alicyclic amines) is 1. The van der Waals surface area contributed by atoms with Gasteiger partial charge in [0.15, 0.2) is 0 Å². The van der Waals surface area contributed by atoms with Gasteiger partial charge in [-0.2, -0.15) is 0 Å². The smallest absolute Gasteiger partial charge is 0.253 e. The summed E-state index contributed by atoms with van der Waals surface area (Å²) in [7, 11) is 0. The lowest BCUT2D eigenvalue weighted by Gasteiger charge is -2.36. The van der Waals surface area contributed by atoms with E-state index in [4.69, 9.17) is 4.74 Å². The van der Waals surface area contributed by atoms with Gasteiger partial charge >= 0.3 is 0 Å². The third kappa shape index (κ3) is 4.71. The summed E-state index contributed by atoms with van der Waals surface area (Å²) in [5, 5.41) is 0. The van der Waals surface area contributed by atoms with Crippen LogP contribution in [-0.2, 0) is 9.59 Å². The third-order valence-electron chi connectivity index (χ3n) is 5.57. The van der Waals surface area contributed by atoms with Crippen molar-refractivity contribution in [2.45, 2.75) is 39.7 Å². The van der Waals surface area contributed by atoms with Crippen molar-refractivity contribution in [2.75, 3.05) is 39.3 Å². The van der Waals surface area contributed by atoms with E-state index in [1.165, 1.54) is 0 Å². The zero-order chi connectivity index (χ0) is 21.2. The molecule has 0 N–H and O–H groups in total. The van der Waals surface area contributed by atoms with Crippen LogP contribution in [0.4, 0.5) is 0 Å². The molecule has 7 heteroatoms. The molecule has 7 nitrogen and oxygen atoms in total. The summed E-state index contributed by atoms with van der Waals surface area (Å²) in [5.74, 6) is 0.499. The highest BCUT2D eigenvalue weighted by Crippen LogP contribution is 2.27. The Kier molecular flexibility index (Phi) is 6.15. The molecule has 2 saturated heterocycles. The standard InChI is InChI=1S/C22H31N3O4/c1-5-29-18-8-6-16(7-9-18)20(27)23-10-12-24(13-11-23)21(28)17-14-19(26)25(15-17)22(2,3)4/h6-9,17H,5,10-15H2,1-4H3. The molecule has 0 bridgehead atoms. The van der Waals surface area contributed by atoms with E-state index < -0.39 is 0 Å². The van der Waals surface area contributed by atoms with E-state index in [-0.39, 0.29) is 35.6 Å². The first kappa shape index (κ1) is 21.1. The summed E-state index contributed by atoms with van der Waals surface area (Å²) in [5.41, 5.74) is 0.352. The minimum absolute atomic E-state index is 0.0262. The minimum Gasteiger partial charge on any atom is -0.494 e. The van der Waals surface area contributed by atoms with Crippen LogP contribution in [0.2, 0.25) is 0 Å². The summed E-state index contributed by atoms with van der Waals surface area (Å²) >= 11 is 0. The fourth-order valence-corrected chi connectivity index (χ4v) is 3.95. The molecule has 2 aliphatic heterocycles. The van der Waals surface area contributed by atoms with Gasteiger partial charge in [0.1, 0.15) is 5.75 Å². The average Bonchev–Trinajstić information content (AvgIpc) is 3.10. The zero-order valence-electron chi connectivity index (χ0n) is 17.8. The molecule has 0 aromatic heterocycles. The largest absolute Gasteiger partial charge is 0.494 e. The molecule has 2 heterocycles. The van der Waals surface area contributed by atoms with Crippen LogP contribution in [0, 0.1) is 5.92 Å². The van der Waals surface area contributed by atoms with E-state index in [1.54, 1.807) is 39.0 Å². The van der Waals surface area contributed by atoms with Gasteiger partial charge in [-0.25, -0.2) is 0 Å². The fraction of sp³-hybridized carbons (Fsp3) is 0.591. The quantitative estimate of drug-likeness (QED) is 0.774. The first-order chi connectivity index (χ1) is 13.7. The molecule has 1 aromatic rings. The summed E-state index contributed by atoms with van der Waals surface area (Å²) in [4.78, 5) is 43.3. The van der Waals surface area contributed by atoms with Gasteiger partial charge in [-0.3, -0.25) is 14.4 Å². The van der Waals surface area contributed by atoms with Crippen molar-refractivity contribution in [1.29, 1.82) is 0 Å². The Balaban J connectivity index is 1.54. The van der Waals surface area contributed by atoms with Crippen LogP contribution in [0.1, 0.15) is 44.5 Å². The van der Waals surface area contributed by atoms with Gasteiger partial charge in [-0.15, -0.1) is 0 Å². The van der Waals surface area contributed by atoms with Crippen molar-refractivity contribution in [3.8, 4) is 5.75 Å². The monoisotopic (exact) mass is 401 g/mol. The predicted octanol–water partition coefficient (Wildman–Crippen LogP) is 2.02. The topological polar surface area (TPSA) is 70.2 Å². The Hall–Kier alpha value is -2.57. The first-order valence-electron chi connectivity index (χ1n) is 10.3. The van der Waals surface area contributed by atoms with E-state index in [2.05, 4.69) is 0 Å². The number of carbonyl (C=O) groups excluding carboxylic acids is 3. The molecule has 1 atom stereocenters. The lowest BCUT2D eigenvalue weighted by molar-refractivity contribution is -0.137. The SMILES string of the molecule is CCOc1ccc(C(=O)N2CCN(C(=O)C3CC(=O)N(C(C)(C)C)C3)CC2)cc1. The summed E-state index contributed by atoms with van der Waals surface area (Å²) in [6.45, 7) is 11.0. The lowest BCUT2D eigenvalue weighted by atomic mass is 10.1. The molecule has 0 spiro atoms. The van der Waals surface area contributed by atoms with Crippen molar-refractivity contribution >= 4 is 17.7 Å². The highest BCUT2D eigenvalue weighted by atomic mass is 16.5. The Morgan fingerprint density at radius 3 is 2.14 bits per heavy atom. The maximum Gasteiger partial charge on any atom is 0.253 e. The molecule has 0 aliphatic carbocycles. The Labute approximate surface area is 172 Å². The van der Waals surface area contributed by atoms with Crippen molar-refractivity contribution in [3.63, 3.8) is 0 Å². The highest BCUT2D eigenvalue weighted by Gasteiger charge is 2.41. The minimum atomic E-state index is -0.282. The molecule has 2 fully saturated rings. The van der Waals surface area contributed by atoms with Crippen LogP contribution in [0.15, 0.2) is 24.3 Å². The summed E-state index contributed by atoms with van der Waals surface area (Å²) in [6, 6.07) is 7.15. The van der Waals surface area contributed by atoms with Crippen molar-refractivity contribution in [3.05, 3.63) is 29.8 Å². The van der Waals surface area contributed by atoms with Crippen LogP contribution >= 0.6 is 0 Å². The van der Waals surface area contributed by atoms with Crippen molar-refractivity contribution in [2.24, 2.45) is 5.92 Å². The first-order valence-corrected chi connectivity index (χ1v) is 10.3. The molecule has 0 radical (unpaired) electrons. The summed E-state index contributed by atoms with van der Waals surface area (Å²) in [6.07, 6.45) is 0.279. The van der Waals surface area contributed by atoms with E-state index in [1.807, 2.05) is 27.7 Å². The van der Waals surface area contributed by atoms with Gasteiger partial charge in [0.2, 0.25) is 11.8 Å². The Bertz CT molecular complexity index is 761. The number of benzene rings is 1. The van der Waals surface area contributed by atoms with Gasteiger partial charge in [0.25, 0.3) is 5.91 Å². The number of rotatable bonds is 4.